The molecule has 52 heavy (non-hydrogen) atoms. The van der Waals surface area contributed by atoms with Gasteiger partial charge >= 0.3 is 12.2 Å². The van der Waals surface area contributed by atoms with Crippen molar-refractivity contribution in [2.24, 2.45) is 5.92 Å². The number of nitrogens with zero attached hydrogens (tertiary/aromatic N) is 2. The fraction of sp³-hybridized carbons (Fsp3) is 0.649. The van der Waals surface area contributed by atoms with E-state index < -0.39 is 80.4 Å². The first-order valence-electron chi connectivity index (χ1n) is 18.4. The zero-order chi connectivity index (χ0) is 37.4. The van der Waals surface area contributed by atoms with E-state index >= 15 is 0 Å². The minimum atomic E-state index is -3.90. The van der Waals surface area contributed by atoms with Crippen molar-refractivity contribution in [3.63, 3.8) is 0 Å². The van der Waals surface area contributed by atoms with Crippen LogP contribution in [0.25, 0.3) is 0 Å². The molecule has 14 nitrogen and oxygen atoms in total. The summed E-state index contributed by atoms with van der Waals surface area (Å²) in [5, 5.41) is 4.90. The van der Waals surface area contributed by atoms with Gasteiger partial charge in [0.15, 0.2) is 0 Å². The van der Waals surface area contributed by atoms with E-state index in [1.807, 2.05) is 43.3 Å². The number of alkyl carbamates (subject to hydrolysis) is 1. The van der Waals surface area contributed by atoms with Crippen LogP contribution in [0.3, 0.4) is 0 Å². The first-order valence-corrected chi connectivity index (χ1v) is 20.0. The normalized spacial score (nSPS) is 30.3. The fourth-order valence-corrected chi connectivity index (χ4v) is 8.88. The fourth-order valence-electron chi connectivity index (χ4n) is 7.51. The third-order valence-electron chi connectivity index (χ3n) is 10.5. The average molecular weight is 742 g/mol. The molecule has 0 aromatic heterocycles. The van der Waals surface area contributed by atoms with E-state index in [0.717, 1.165) is 18.4 Å². The van der Waals surface area contributed by atoms with Gasteiger partial charge in [-0.3, -0.25) is 19.1 Å². The van der Waals surface area contributed by atoms with Crippen molar-refractivity contribution in [2.45, 2.75) is 133 Å². The average Bonchev–Trinajstić information content (AvgIpc) is 3.99. The second-order valence-electron chi connectivity index (χ2n) is 15.9. The van der Waals surface area contributed by atoms with Gasteiger partial charge in [-0.15, -0.1) is 0 Å². The van der Waals surface area contributed by atoms with Crippen LogP contribution in [0.15, 0.2) is 36.4 Å². The highest BCUT2D eigenvalue weighted by Crippen LogP contribution is 2.46. The van der Waals surface area contributed by atoms with Gasteiger partial charge in [0, 0.05) is 25.4 Å². The van der Waals surface area contributed by atoms with Crippen LogP contribution < -0.4 is 15.4 Å². The number of benzene rings is 1. The first-order chi connectivity index (χ1) is 24.6. The third-order valence-corrected chi connectivity index (χ3v) is 12.3. The van der Waals surface area contributed by atoms with Gasteiger partial charge in [0.2, 0.25) is 21.8 Å². The molecule has 1 saturated heterocycles. The molecule has 0 bridgehead atoms. The van der Waals surface area contributed by atoms with Crippen LogP contribution in [0.1, 0.15) is 103 Å². The lowest BCUT2D eigenvalue weighted by atomic mass is 9.91. The Morgan fingerprint density at radius 3 is 2.50 bits per heavy atom. The highest BCUT2D eigenvalue weighted by atomic mass is 32.2. The standard InChI is InChI=1S/C37H51N5O9S/c1-23-20-41(21-24-12-10-11-14-28(23)24)35(47)50-26-18-30-31(43)39-37(33(45)40-52(48,49)27-16-17-27)19-25(37)13-8-6-5-7-9-15-29(32(44)42(30)22-26)38-34(46)51-36(2,3)4/h8,10-14,23,25-27,29-30H,5-7,9,15-22H2,1-4H3,(H,38,46)(H,39,43)(H,40,45)/b13-8-/t23-,25+,26+,29-,30-,37?/m0/s1. The highest BCUT2D eigenvalue weighted by Gasteiger charge is 2.62. The highest BCUT2D eigenvalue weighted by molar-refractivity contribution is 7.91. The van der Waals surface area contributed by atoms with Gasteiger partial charge in [0.05, 0.1) is 11.8 Å². The zero-order valence-electron chi connectivity index (χ0n) is 30.4. The molecule has 15 heteroatoms. The summed E-state index contributed by atoms with van der Waals surface area (Å²) < 4.78 is 39.2. The molecule has 3 heterocycles. The van der Waals surface area contributed by atoms with E-state index in [9.17, 15) is 32.4 Å². The van der Waals surface area contributed by atoms with Gasteiger partial charge in [-0.1, -0.05) is 56.2 Å². The molecule has 1 unspecified atom stereocenters. The predicted molar refractivity (Wildman–Crippen MR) is 190 cm³/mol. The van der Waals surface area contributed by atoms with E-state index in [0.29, 0.717) is 38.8 Å². The number of fused-ring (bicyclic) bond motifs is 3. The lowest BCUT2D eigenvalue weighted by Crippen LogP contribution is -2.58. The summed E-state index contributed by atoms with van der Waals surface area (Å²) in [4.78, 5) is 71.6. The van der Waals surface area contributed by atoms with Crippen LogP contribution in [-0.2, 0) is 40.4 Å². The van der Waals surface area contributed by atoms with Crippen molar-refractivity contribution < 1.29 is 41.9 Å². The Hall–Kier alpha value is -4.14. The molecule has 3 aliphatic heterocycles. The van der Waals surface area contributed by atoms with Crippen molar-refractivity contribution in [1.82, 2.24) is 25.2 Å². The first kappa shape index (κ1) is 37.6. The molecular weight excluding hydrogens is 690 g/mol. The van der Waals surface area contributed by atoms with E-state index in [-0.39, 0.29) is 31.7 Å². The number of nitrogens with one attached hydrogen (secondary N) is 3. The molecule has 5 amide bonds. The van der Waals surface area contributed by atoms with E-state index in [1.54, 1.807) is 25.7 Å². The Kier molecular flexibility index (Phi) is 10.6. The minimum Gasteiger partial charge on any atom is -0.444 e. The van der Waals surface area contributed by atoms with Crippen molar-refractivity contribution in [3.8, 4) is 0 Å². The maximum absolute atomic E-state index is 14.4. The molecule has 3 N–H and O–H groups in total. The monoisotopic (exact) mass is 741 g/mol. The molecule has 1 aromatic carbocycles. The Morgan fingerprint density at radius 2 is 1.77 bits per heavy atom. The summed E-state index contributed by atoms with van der Waals surface area (Å²) in [5.74, 6) is -2.39. The molecular formula is C37H51N5O9S. The Labute approximate surface area is 305 Å². The Morgan fingerprint density at radius 1 is 1.02 bits per heavy atom. The molecule has 0 radical (unpaired) electrons. The summed E-state index contributed by atoms with van der Waals surface area (Å²) in [7, 11) is -3.90. The van der Waals surface area contributed by atoms with Crippen LogP contribution >= 0.6 is 0 Å². The van der Waals surface area contributed by atoms with Crippen LogP contribution in [0.4, 0.5) is 9.59 Å². The quantitative estimate of drug-likeness (QED) is 0.380. The summed E-state index contributed by atoms with van der Waals surface area (Å²) in [6.07, 6.45) is 5.73. The summed E-state index contributed by atoms with van der Waals surface area (Å²) >= 11 is 0. The number of hydrogen-bond acceptors (Lipinski definition) is 9. The van der Waals surface area contributed by atoms with E-state index in [4.69, 9.17) is 9.47 Å². The largest absolute Gasteiger partial charge is 0.444 e. The number of ether oxygens (including phenoxy) is 2. The van der Waals surface area contributed by atoms with Crippen molar-refractivity contribution >= 4 is 39.9 Å². The van der Waals surface area contributed by atoms with Crippen molar-refractivity contribution in [1.29, 1.82) is 0 Å². The number of hydrogen-bond donors (Lipinski definition) is 3. The molecule has 6 atom stereocenters. The smallest absolute Gasteiger partial charge is 0.410 e. The van der Waals surface area contributed by atoms with Crippen LogP contribution in [0.5, 0.6) is 0 Å². The number of amides is 5. The van der Waals surface area contributed by atoms with Gasteiger partial charge in [0.25, 0.3) is 5.91 Å². The lowest BCUT2D eigenvalue weighted by Gasteiger charge is -2.33. The SMILES string of the molecule is C[C@H]1CN(C(=O)O[C@@H]2C[C@H]3C(=O)NC4(C(=O)NS(=O)(=O)C5CC5)C[C@H]4/C=C\CCCCC[C@H](NC(=O)OC(C)(C)C)C(=O)N3C2)Cc2ccccc21. The van der Waals surface area contributed by atoms with Gasteiger partial charge in [0.1, 0.15) is 29.3 Å². The zero-order valence-corrected chi connectivity index (χ0v) is 31.2. The van der Waals surface area contributed by atoms with Crippen molar-refractivity contribution in [3.05, 3.63) is 47.5 Å². The lowest BCUT2D eigenvalue weighted by molar-refractivity contribution is -0.141. The van der Waals surface area contributed by atoms with Gasteiger partial charge in [-0.2, -0.15) is 0 Å². The van der Waals surface area contributed by atoms with Gasteiger partial charge < -0.3 is 29.9 Å². The Balaban J connectivity index is 1.25. The summed E-state index contributed by atoms with van der Waals surface area (Å²) in [5.41, 5.74) is -0.155. The van der Waals surface area contributed by atoms with E-state index in [1.165, 1.54) is 10.5 Å². The topological polar surface area (TPSA) is 181 Å². The van der Waals surface area contributed by atoms with E-state index in [2.05, 4.69) is 15.4 Å². The maximum atomic E-state index is 14.4. The number of carbonyl (C=O) groups is 5. The Bertz CT molecular complexity index is 1720. The molecule has 2 aliphatic carbocycles. The predicted octanol–water partition coefficient (Wildman–Crippen LogP) is 3.61. The van der Waals surface area contributed by atoms with Crippen molar-refractivity contribution in [2.75, 3.05) is 13.1 Å². The minimum absolute atomic E-state index is 0.0545. The summed E-state index contributed by atoms with van der Waals surface area (Å²) in [6, 6.07) is 5.70. The molecule has 5 aliphatic rings. The van der Waals surface area contributed by atoms with Gasteiger partial charge in [-0.25, -0.2) is 18.0 Å². The van der Waals surface area contributed by atoms with Crippen LogP contribution in [0.2, 0.25) is 0 Å². The number of rotatable bonds is 5. The molecule has 0 spiro atoms. The molecule has 6 rings (SSSR count). The van der Waals surface area contributed by atoms with Crippen LogP contribution in [0, 0.1) is 5.92 Å². The van der Waals surface area contributed by atoms with Crippen LogP contribution in [-0.4, -0.2) is 95.8 Å². The second kappa shape index (κ2) is 14.7. The summed E-state index contributed by atoms with van der Waals surface area (Å²) in [6.45, 7) is 7.86. The molecule has 284 valence electrons. The molecule has 3 fully saturated rings. The molecule has 1 aromatic rings. The third kappa shape index (κ3) is 8.56. The second-order valence-corrected chi connectivity index (χ2v) is 17.9. The number of allylic oxidation sites excluding steroid dienone is 1. The number of sulfonamides is 1. The number of carbonyl (C=O) groups excluding carboxylic acids is 5. The molecule has 2 saturated carbocycles. The van der Waals surface area contributed by atoms with Gasteiger partial charge in [-0.05, 0) is 76.3 Å². The maximum Gasteiger partial charge on any atom is 0.410 e.